The van der Waals surface area contributed by atoms with E-state index in [2.05, 4.69) is 5.32 Å². The number of ether oxygens (including phenoxy) is 1. The van der Waals surface area contributed by atoms with Crippen LogP contribution in [0.15, 0.2) is 48.5 Å². The van der Waals surface area contributed by atoms with Crippen molar-refractivity contribution in [2.45, 2.75) is 19.6 Å². The summed E-state index contributed by atoms with van der Waals surface area (Å²) in [7, 11) is -3.67. The molecule has 0 bridgehead atoms. The Kier molecular flexibility index (Phi) is 9.41. The average Bonchev–Trinajstić information content (AvgIpc) is 2.56. The average molecular weight is 398 g/mol. The van der Waals surface area contributed by atoms with Gasteiger partial charge in [-0.05, 0) is 35.4 Å². The Labute approximate surface area is 158 Å². The molecule has 2 rings (SSSR count). The van der Waals surface area contributed by atoms with Gasteiger partial charge in [0, 0.05) is 19.5 Å². The first-order valence-electron chi connectivity index (χ1n) is 8.01. The summed E-state index contributed by atoms with van der Waals surface area (Å²) in [6.07, 6.45) is 1.04. The zero-order valence-corrected chi connectivity index (χ0v) is 15.7. The van der Waals surface area contributed by atoms with Gasteiger partial charge < -0.3 is 15.8 Å². The van der Waals surface area contributed by atoms with Crippen molar-refractivity contribution in [1.29, 1.82) is 0 Å². The Bertz CT molecular complexity index is 818. The van der Waals surface area contributed by atoms with Gasteiger partial charge in [-0.2, -0.15) is 8.42 Å². The van der Waals surface area contributed by atoms with Gasteiger partial charge in [-0.15, -0.1) is 0 Å². The highest BCUT2D eigenvalue weighted by Crippen LogP contribution is 2.14. The van der Waals surface area contributed by atoms with Gasteiger partial charge in [-0.1, -0.05) is 24.3 Å². The maximum absolute atomic E-state index is 13.1. The molecular formula is C18H23FN2O5S. The molecule has 0 atom stereocenters. The van der Waals surface area contributed by atoms with Gasteiger partial charge in [-0.3, -0.25) is 9.35 Å². The second-order valence-corrected chi connectivity index (χ2v) is 7.15. The normalized spacial score (nSPS) is 10.6. The van der Waals surface area contributed by atoms with Crippen molar-refractivity contribution in [3.63, 3.8) is 0 Å². The Morgan fingerprint density at radius 1 is 1.19 bits per heavy atom. The van der Waals surface area contributed by atoms with Gasteiger partial charge in [0.1, 0.15) is 18.2 Å². The predicted octanol–water partition coefficient (Wildman–Crippen LogP) is 1.87. The van der Waals surface area contributed by atoms with Crippen LogP contribution in [0.1, 0.15) is 17.5 Å². The van der Waals surface area contributed by atoms with E-state index in [9.17, 15) is 17.6 Å². The number of nitrogens with one attached hydrogen (secondary N) is 1. The molecule has 0 aliphatic carbocycles. The van der Waals surface area contributed by atoms with Crippen LogP contribution >= 0.6 is 0 Å². The minimum atomic E-state index is -3.67. The summed E-state index contributed by atoms with van der Waals surface area (Å²) >= 11 is 0. The van der Waals surface area contributed by atoms with E-state index in [-0.39, 0.29) is 11.7 Å². The van der Waals surface area contributed by atoms with Crippen molar-refractivity contribution in [3.8, 4) is 5.75 Å². The lowest BCUT2D eigenvalue weighted by Crippen LogP contribution is -2.21. The molecule has 9 heteroatoms. The van der Waals surface area contributed by atoms with Crippen LogP contribution in [0.2, 0.25) is 0 Å². The fourth-order valence-corrected chi connectivity index (χ4v) is 1.94. The predicted molar refractivity (Wildman–Crippen MR) is 100 cm³/mol. The molecule has 7 nitrogen and oxygen atoms in total. The van der Waals surface area contributed by atoms with Crippen LogP contribution in [0.5, 0.6) is 5.75 Å². The molecule has 0 spiro atoms. The summed E-state index contributed by atoms with van der Waals surface area (Å²) in [6.45, 7) is 1.55. The third kappa shape index (κ3) is 12.5. The summed E-state index contributed by atoms with van der Waals surface area (Å²) < 4.78 is 44.5. The SMILES string of the molecule is CS(=O)(=O)O.NC(=O)CCNCc1ccc(OCc2cccc(F)c2)cc1. The lowest BCUT2D eigenvalue weighted by molar-refractivity contribution is -0.117. The molecule has 0 radical (unpaired) electrons. The number of benzene rings is 2. The first-order valence-corrected chi connectivity index (χ1v) is 9.86. The molecule has 0 heterocycles. The lowest BCUT2D eigenvalue weighted by atomic mass is 10.2. The van der Waals surface area contributed by atoms with Gasteiger partial charge in [0.2, 0.25) is 5.91 Å². The van der Waals surface area contributed by atoms with Crippen LogP contribution in [-0.2, 0) is 28.1 Å². The van der Waals surface area contributed by atoms with Crippen molar-refractivity contribution < 1.29 is 26.9 Å². The molecule has 0 aliphatic heterocycles. The zero-order chi connectivity index (χ0) is 20.3. The first kappa shape index (κ1) is 22.6. The van der Waals surface area contributed by atoms with Gasteiger partial charge in [0.15, 0.2) is 0 Å². The summed E-state index contributed by atoms with van der Waals surface area (Å²) in [5.41, 5.74) is 6.94. The van der Waals surface area contributed by atoms with E-state index in [1.165, 1.54) is 12.1 Å². The molecular weight excluding hydrogens is 375 g/mol. The molecule has 2 aromatic carbocycles. The van der Waals surface area contributed by atoms with E-state index in [1.807, 2.05) is 30.3 Å². The van der Waals surface area contributed by atoms with Gasteiger partial charge in [0.05, 0.1) is 6.26 Å². The van der Waals surface area contributed by atoms with Crippen molar-refractivity contribution in [2.75, 3.05) is 12.8 Å². The summed E-state index contributed by atoms with van der Waals surface area (Å²) in [5.74, 6) is 0.150. The number of amides is 1. The summed E-state index contributed by atoms with van der Waals surface area (Å²) in [6, 6.07) is 14.0. The van der Waals surface area contributed by atoms with E-state index >= 15 is 0 Å². The summed E-state index contributed by atoms with van der Waals surface area (Å²) in [4.78, 5) is 10.6. The van der Waals surface area contributed by atoms with Crippen LogP contribution in [0, 0.1) is 5.82 Å². The molecule has 0 aromatic heterocycles. The first-order chi connectivity index (χ1) is 12.6. The highest BCUT2D eigenvalue weighted by atomic mass is 32.2. The quantitative estimate of drug-likeness (QED) is 0.461. The van der Waals surface area contributed by atoms with E-state index in [0.717, 1.165) is 16.9 Å². The number of hydrogen-bond acceptors (Lipinski definition) is 5. The number of primary amides is 1. The molecule has 0 aliphatic rings. The van der Waals surface area contributed by atoms with Crippen LogP contribution in [-0.4, -0.2) is 31.7 Å². The Balaban J connectivity index is 0.000000646. The Hall–Kier alpha value is -2.49. The van der Waals surface area contributed by atoms with Crippen molar-refractivity contribution in [3.05, 3.63) is 65.5 Å². The molecule has 0 unspecified atom stereocenters. The van der Waals surface area contributed by atoms with Crippen LogP contribution in [0.25, 0.3) is 0 Å². The molecule has 0 saturated heterocycles. The minimum absolute atomic E-state index is 0.265. The lowest BCUT2D eigenvalue weighted by Gasteiger charge is -2.08. The largest absolute Gasteiger partial charge is 0.489 e. The van der Waals surface area contributed by atoms with Crippen molar-refractivity contribution in [2.24, 2.45) is 5.73 Å². The zero-order valence-electron chi connectivity index (χ0n) is 14.9. The van der Waals surface area contributed by atoms with Crippen LogP contribution in [0.3, 0.4) is 0 Å². The van der Waals surface area contributed by atoms with Crippen LogP contribution in [0.4, 0.5) is 4.39 Å². The highest BCUT2D eigenvalue weighted by molar-refractivity contribution is 7.85. The minimum Gasteiger partial charge on any atom is -0.489 e. The molecule has 2 aromatic rings. The third-order valence-corrected chi connectivity index (χ3v) is 3.10. The fraction of sp³-hybridized carbons (Fsp3) is 0.278. The number of nitrogens with two attached hydrogens (primary N) is 1. The molecule has 0 saturated carbocycles. The van der Waals surface area contributed by atoms with Gasteiger partial charge >= 0.3 is 0 Å². The monoisotopic (exact) mass is 398 g/mol. The smallest absolute Gasteiger partial charge is 0.261 e. The fourth-order valence-electron chi connectivity index (χ4n) is 1.94. The Morgan fingerprint density at radius 3 is 2.37 bits per heavy atom. The van der Waals surface area contributed by atoms with Gasteiger partial charge in [-0.25, -0.2) is 4.39 Å². The molecule has 27 heavy (non-hydrogen) atoms. The topological polar surface area (TPSA) is 119 Å². The number of halogens is 1. The second-order valence-electron chi connectivity index (χ2n) is 5.69. The van der Waals surface area contributed by atoms with Crippen molar-refractivity contribution in [1.82, 2.24) is 5.32 Å². The number of rotatable bonds is 8. The van der Waals surface area contributed by atoms with E-state index in [0.29, 0.717) is 32.4 Å². The molecule has 148 valence electrons. The van der Waals surface area contributed by atoms with Crippen LogP contribution < -0.4 is 15.8 Å². The van der Waals surface area contributed by atoms with Gasteiger partial charge in [0.25, 0.3) is 10.1 Å². The maximum Gasteiger partial charge on any atom is 0.261 e. The Morgan fingerprint density at radius 2 is 1.81 bits per heavy atom. The van der Waals surface area contributed by atoms with E-state index in [4.69, 9.17) is 15.0 Å². The highest BCUT2D eigenvalue weighted by Gasteiger charge is 1.99. The molecule has 1 amide bonds. The van der Waals surface area contributed by atoms with E-state index in [1.54, 1.807) is 6.07 Å². The number of carbonyl (C=O) groups excluding carboxylic acids is 1. The third-order valence-electron chi connectivity index (χ3n) is 3.10. The second kappa shape index (κ2) is 11.3. The number of hydrogen-bond donors (Lipinski definition) is 3. The maximum atomic E-state index is 13.1. The van der Waals surface area contributed by atoms with Crippen molar-refractivity contribution >= 4 is 16.0 Å². The number of carbonyl (C=O) groups is 1. The standard InChI is InChI=1S/C17H19FN2O2.CH4O3S/c18-15-3-1-2-14(10-15)12-22-16-6-4-13(5-7-16)11-20-9-8-17(19)21;1-5(2,3)4/h1-7,10,20H,8-9,11-12H2,(H2,19,21);1H3,(H,2,3,4). The molecule has 4 N–H and O–H groups in total. The summed E-state index contributed by atoms with van der Waals surface area (Å²) in [5, 5.41) is 3.13. The molecule has 0 fully saturated rings. The van der Waals surface area contributed by atoms with E-state index < -0.39 is 10.1 Å².